The van der Waals surface area contributed by atoms with Crippen molar-refractivity contribution in [2.45, 2.75) is 13.8 Å². The van der Waals surface area contributed by atoms with E-state index in [4.69, 9.17) is 0 Å². The van der Waals surface area contributed by atoms with Crippen LogP contribution < -0.4 is 5.32 Å². The van der Waals surface area contributed by atoms with Crippen molar-refractivity contribution in [1.82, 2.24) is 4.98 Å². The zero-order valence-corrected chi connectivity index (χ0v) is 12.4. The summed E-state index contributed by atoms with van der Waals surface area (Å²) in [5, 5.41) is 11.9. The number of amides is 1. The SMILES string of the molecule is C=C(C)c1ccc(C(=O)O)c(C(=O)Nc2cccc(C)n2)c1. The Hall–Kier alpha value is -2.95. The summed E-state index contributed by atoms with van der Waals surface area (Å²) in [6.45, 7) is 7.40. The topological polar surface area (TPSA) is 79.3 Å². The number of hydrogen-bond acceptors (Lipinski definition) is 3. The van der Waals surface area contributed by atoms with Crippen molar-refractivity contribution >= 4 is 23.3 Å². The number of carbonyl (C=O) groups is 2. The molecule has 0 aliphatic rings. The molecule has 0 spiro atoms. The summed E-state index contributed by atoms with van der Waals surface area (Å²) in [7, 11) is 0. The fourth-order valence-corrected chi connectivity index (χ4v) is 1.98. The summed E-state index contributed by atoms with van der Waals surface area (Å²) in [5.74, 6) is -1.30. The van der Waals surface area contributed by atoms with E-state index in [1.165, 1.54) is 12.1 Å². The molecule has 0 atom stereocenters. The standard InChI is InChI=1S/C17H16N2O3/c1-10(2)12-7-8-13(17(21)22)14(9-12)16(20)19-15-6-4-5-11(3)18-15/h4-9H,1H2,2-3H3,(H,21,22)(H,18,19,20). The van der Waals surface area contributed by atoms with Gasteiger partial charge in [0.15, 0.2) is 0 Å². The highest BCUT2D eigenvalue weighted by atomic mass is 16.4. The van der Waals surface area contributed by atoms with Crippen LogP contribution >= 0.6 is 0 Å². The monoisotopic (exact) mass is 296 g/mol. The van der Waals surface area contributed by atoms with Gasteiger partial charge >= 0.3 is 5.97 Å². The molecule has 5 nitrogen and oxygen atoms in total. The van der Waals surface area contributed by atoms with Gasteiger partial charge in [0, 0.05) is 5.69 Å². The molecular formula is C17H16N2O3. The van der Waals surface area contributed by atoms with E-state index in [-0.39, 0.29) is 11.1 Å². The van der Waals surface area contributed by atoms with Gasteiger partial charge in [0.05, 0.1) is 11.1 Å². The Labute approximate surface area is 128 Å². The highest BCUT2D eigenvalue weighted by molar-refractivity contribution is 6.10. The second-order valence-corrected chi connectivity index (χ2v) is 4.96. The van der Waals surface area contributed by atoms with Gasteiger partial charge in [-0.05, 0) is 43.7 Å². The Morgan fingerprint density at radius 3 is 2.50 bits per heavy atom. The van der Waals surface area contributed by atoms with Crippen LogP contribution in [0.5, 0.6) is 0 Å². The lowest BCUT2D eigenvalue weighted by Gasteiger charge is -2.10. The Kier molecular flexibility index (Phi) is 4.36. The number of carboxylic acid groups (broad SMARTS) is 1. The third-order valence-corrected chi connectivity index (χ3v) is 3.12. The molecule has 0 radical (unpaired) electrons. The maximum atomic E-state index is 12.4. The van der Waals surface area contributed by atoms with Gasteiger partial charge < -0.3 is 10.4 Å². The smallest absolute Gasteiger partial charge is 0.336 e. The summed E-state index contributed by atoms with van der Waals surface area (Å²) >= 11 is 0. The van der Waals surface area contributed by atoms with Gasteiger partial charge in [-0.25, -0.2) is 9.78 Å². The van der Waals surface area contributed by atoms with Gasteiger partial charge in [-0.2, -0.15) is 0 Å². The van der Waals surface area contributed by atoms with Crippen LogP contribution in [0.15, 0.2) is 43.0 Å². The molecule has 0 aliphatic heterocycles. The fourth-order valence-electron chi connectivity index (χ4n) is 1.98. The Morgan fingerprint density at radius 1 is 1.18 bits per heavy atom. The van der Waals surface area contributed by atoms with E-state index < -0.39 is 11.9 Å². The summed E-state index contributed by atoms with van der Waals surface area (Å²) in [5.41, 5.74) is 2.24. The minimum Gasteiger partial charge on any atom is -0.478 e. The number of aryl methyl sites for hydroxylation is 1. The largest absolute Gasteiger partial charge is 0.478 e. The van der Waals surface area contributed by atoms with Crippen molar-refractivity contribution in [2.24, 2.45) is 0 Å². The zero-order valence-electron chi connectivity index (χ0n) is 12.4. The first-order valence-corrected chi connectivity index (χ1v) is 6.66. The lowest BCUT2D eigenvalue weighted by atomic mass is 10.00. The number of aromatic carboxylic acids is 1. The second kappa shape index (κ2) is 6.22. The number of carbonyl (C=O) groups excluding carboxylic acids is 1. The Morgan fingerprint density at radius 2 is 1.91 bits per heavy atom. The molecule has 22 heavy (non-hydrogen) atoms. The first kappa shape index (κ1) is 15.4. The van der Waals surface area contributed by atoms with E-state index in [0.29, 0.717) is 11.4 Å². The molecule has 2 aromatic rings. The predicted molar refractivity (Wildman–Crippen MR) is 85.0 cm³/mol. The molecule has 0 aliphatic carbocycles. The van der Waals surface area contributed by atoms with Crippen molar-refractivity contribution in [1.29, 1.82) is 0 Å². The molecule has 1 aromatic heterocycles. The van der Waals surface area contributed by atoms with E-state index in [0.717, 1.165) is 11.3 Å². The van der Waals surface area contributed by atoms with Crippen molar-refractivity contribution in [3.05, 3.63) is 65.4 Å². The molecule has 5 heteroatoms. The van der Waals surface area contributed by atoms with Crippen molar-refractivity contribution in [3.63, 3.8) is 0 Å². The minimum absolute atomic E-state index is 0.0600. The Bertz CT molecular complexity index is 766. The van der Waals surface area contributed by atoms with Crippen LogP contribution in [0.3, 0.4) is 0 Å². The number of aromatic nitrogens is 1. The average Bonchev–Trinajstić information content (AvgIpc) is 2.46. The number of carboxylic acids is 1. The summed E-state index contributed by atoms with van der Waals surface area (Å²) in [4.78, 5) is 27.9. The van der Waals surface area contributed by atoms with E-state index in [1.807, 2.05) is 0 Å². The van der Waals surface area contributed by atoms with Crippen LogP contribution in [0.1, 0.15) is 38.9 Å². The summed E-state index contributed by atoms with van der Waals surface area (Å²) in [6, 6.07) is 9.78. The van der Waals surface area contributed by atoms with Gasteiger partial charge in [-0.1, -0.05) is 24.3 Å². The molecule has 0 unspecified atom stereocenters. The number of anilines is 1. The molecule has 0 saturated heterocycles. The minimum atomic E-state index is -1.16. The first-order valence-electron chi connectivity index (χ1n) is 6.66. The first-order chi connectivity index (χ1) is 10.4. The lowest BCUT2D eigenvalue weighted by molar-refractivity contribution is 0.0692. The molecule has 1 amide bonds. The molecule has 1 aromatic carbocycles. The number of rotatable bonds is 4. The van der Waals surface area contributed by atoms with Crippen LogP contribution in [0, 0.1) is 6.92 Å². The van der Waals surface area contributed by atoms with E-state index in [1.54, 1.807) is 38.1 Å². The predicted octanol–water partition coefficient (Wildman–Crippen LogP) is 3.37. The van der Waals surface area contributed by atoms with Gasteiger partial charge in [-0.15, -0.1) is 0 Å². The Balaban J connectivity index is 2.40. The van der Waals surface area contributed by atoms with Crippen LogP contribution in [0.2, 0.25) is 0 Å². The van der Waals surface area contributed by atoms with E-state index in [2.05, 4.69) is 16.9 Å². The van der Waals surface area contributed by atoms with Crippen molar-refractivity contribution in [3.8, 4) is 0 Å². The third-order valence-electron chi connectivity index (χ3n) is 3.12. The number of nitrogens with zero attached hydrogens (tertiary/aromatic N) is 1. The van der Waals surface area contributed by atoms with Gasteiger partial charge in [0.25, 0.3) is 5.91 Å². The maximum Gasteiger partial charge on any atom is 0.336 e. The summed E-state index contributed by atoms with van der Waals surface area (Å²) in [6.07, 6.45) is 0. The van der Waals surface area contributed by atoms with Crippen molar-refractivity contribution in [2.75, 3.05) is 5.32 Å². The summed E-state index contributed by atoms with van der Waals surface area (Å²) < 4.78 is 0. The number of hydrogen-bond donors (Lipinski definition) is 2. The molecule has 0 saturated carbocycles. The molecule has 112 valence electrons. The third kappa shape index (κ3) is 3.38. The van der Waals surface area contributed by atoms with Crippen LogP contribution in [0.25, 0.3) is 5.57 Å². The highest BCUT2D eigenvalue weighted by Gasteiger charge is 2.18. The quantitative estimate of drug-likeness (QED) is 0.906. The second-order valence-electron chi connectivity index (χ2n) is 4.96. The van der Waals surface area contributed by atoms with Crippen LogP contribution in [-0.4, -0.2) is 22.0 Å². The van der Waals surface area contributed by atoms with E-state index in [9.17, 15) is 14.7 Å². The molecular weight excluding hydrogens is 280 g/mol. The van der Waals surface area contributed by atoms with E-state index >= 15 is 0 Å². The average molecular weight is 296 g/mol. The van der Waals surface area contributed by atoms with Crippen LogP contribution in [0.4, 0.5) is 5.82 Å². The van der Waals surface area contributed by atoms with Gasteiger partial charge in [0.1, 0.15) is 5.82 Å². The number of pyridine rings is 1. The molecule has 0 fully saturated rings. The molecule has 2 N–H and O–H groups in total. The van der Waals surface area contributed by atoms with Crippen LogP contribution in [-0.2, 0) is 0 Å². The lowest BCUT2D eigenvalue weighted by Crippen LogP contribution is -2.17. The molecule has 0 bridgehead atoms. The van der Waals surface area contributed by atoms with Crippen molar-refractivity contribution < 1.29 is 14.7 Å². The zero-order chi connectivity index (χ0) is 16.3. The fraction of sp³-hybridized carbons (Fsp3) is 0.118. The normalized spacial score (nSPS) is 10.1. The number of benzene rings is 1. The number of nitrogens with one attached hydrogen (secondary N) is 1. The molecule has 1 heterocycles. The molecule has 2 rings (SSSR count). The number of allylic oxidation sites excluding steroid dienone is 1. The van der Waals surface area contributed by atoms with Gasteiger partial charge in [-0.3, -0.25) is 4.79 Å². The maximum absolute atomic E-state index is 12.4. The van der Waals surface area contributed by atoms with Gasteiger partial charge in [0.2, 0.25) is 0 Å². The highest BCUT2D eigenvalue weighted by Crippen LogP contribution is 2.19.